The van der Waals surface area contributed by atoms with Crippen molar-refractivity contribution in [3.8, 4) is 0 Å². The van der Waals surface area contributed by atoms with Gasteiger partial charge in [-0.15, -0.1) is 0 Å². The normalized spacial score (nSPS) is 11.4. The third-order valence-corrected chi connectivity index (χ3v) is 4.97. The second kappa shape index (κ2) is 14.6. The second-order valence-corrected chi connectivity index (χ2v) is 7.42. The highest BCUT2D eigenvalue weighted by atomic mass is 14.9. The lowest BCUT2D eigenvalue weighted by molar-refractivity contribution is 0.543. The topological polar surface area (TPSA) is 78.8 Å². The Balaban J connectivity index is 1.32. The SMILES string of the molecule is NCCCCCCNCCCCCCNCCCc1nc2ccccc2[nH]1. The second-order valence-electron chi connectivity index (χ2n) is 7.42. The molecule has 1 heterocycles. The van der Waals surface area contributed by atoms with Gasteiger partial charge in [-0.1, -0.05) is 37.8 Å². The molecule has 0 spiro atoms. The smallest absolute Gasteiger partial charge is 0.107 e. The summed E-state index contributed by atoms with van der Waals surface area (Å²) in [6.45, 7) is 5.38. The molecule has 5 N–H and O–H groups in total. The zero-order valence-electron chi connectivity index (χ0n) is 16.9. The van der Waals surface area contributed by atoms with Gasteiger partial charge in [0.15, 0.2) is 0 Å². The maximum absolute atomic E-state index is 5.50. The Labute approximate surface area is 164 Å². The Morgan fingerprint density at radius 3 is 1.96 bits per heavy atom. The van der Waals surface area contributed by atoms with Crippen LogP contribution in [0.25, 0.3) is 11.0 Å². The first-order valence-corrected chi connectivity index (χ1v) is 11.0. The lowest BCUT2D eigenvalue weighted by Crippen LogP contribution is -2.18. The van der Waals surface area contributed by atoms with E-state index in [-0.39, 0.29) is 0 Å². The van der Waals surface area contributed by atoms with Crippen molar-refractivity contribution >= 4 is 11.0 Å². The monoisotopic (exact) mass is 373 g/mol. The van der Waals surface area contributed by atoms with Crippen molar-refractivity contribution in [3.05, 3.63) is 30.1 Å². The van der Waals surface area contributed by atoms with Gasteiger partial charge in [0.25, 0.3) is 0 Å². The molecule has 27 heavy (non-hydrogen) atoms. The molecule has 0 bridgehead atoms. The van der Waals surface area contributed by atoms with Gasteiger partial charge in [0.1, 0.15) is 5.82 Å². The highest BCUT2D eigenvalue weighted by Crippen LogP contribution is 2.11. The number of rotatable bonds is 17. The molecule has 0 atom stereocenters. The summed E-state index contributed by atoms with van der Waals surface area (Å²) in [7, 11) is 0. The zero-order valence-corrected chi connectivity index (χ0v) is 16.9. The fourth-order valence-corrected chi connectivity index (χ4v) is 3.36. The molecule has 0 amide bonds. The first-order chi connectivity index (χ1) is 13.4. The molecule has 1 aromatic heterocycles. The first kappa shape index (κ1) is 21.9. The Kier molecular flexibility index (Phi) is 11.8. The molecule has 0 aliphatic rings. The third kappa shape index (κ3) is 9.89. The summed E-state index contributed by atoms with van der Waals surface area (Å²) in [5, 5.41) is 7.11. The van der Waals surface area contributed by atoms with Crippen LogP contribution >= 0.6 is 0 Å². The molecule has 0 aliphatic heterocycles. The van der Waals surface area contributed by atoms with E-state index in [9.17, 15) is 0 Å². The largest absolute Gasteiger partial charge is 0.342 e. The molecule has 1 aromatic carbocycles. The molecule has 152 valence electrons. The maximum Gasteiger partial charge on any atom is 0.107 e. The van der Waals surface area contributed by atoms with E-state index >= 15 is 0 Å². The number of hydrogen-bond acceptors (Lipinski definition) is 4. The molecular formula is C22H39N5. The quantitative estimate of drug-likeness (QED) is 0.318. The van der Waals surface area contributed by atoms with Crippen LogP contribution in [0.3, 0.4) is 0 Å². The number of H-pyrrole nitrogens is 1. The number of nitrogens with two attached hydrogens (primary N) is 1. The standard InChI is InChI=1S/C22H39N5/c23-15-7-1-2-8-16-24-17-9-3-4-10-18-25-19-11-14-22-26-20-12-5-6-13-21(20)27-22/h5-6,12-13,24-25H,1-4,7-11,14-19,23H2,(H,26,27). The summed E-state index contributed by atoms with van der Waals surface area (Å²) in [6.07, 6.45) is 12.4. The van der Waals surface area contributed by atoms with Crippen LogP contribution < -0.4 is 16.4 Å². The lowest BCUT2D eigenvalue weighted by Gasteiger charge is -2.06. The Bertz CT molecular complexity index is 562. The molecule has 2 rings (SSSR count). The van der Waals surface area contributed by atoms with Crippen LogP contribution in [0, 0.1) is 0 Å². The van der Waals surface area contributed by atoms with Crippen molar-refractivity contribution in [1.29, 1.82) is 0 Å². The van der Waals surface area contributed by atoms with Crippen LogP contribution in [0.15, 0.2) is 24.3 Å². The lowest BCUT2D eigenvalue weighted by atomic mass is 10.2. The number of aromatic amines is 1. The number of benzene rings is 1. The van der Waals surface area contributed by atoms with Gasteiger partial charge >= 0.3 is 0 Å². The fraction of sp³-hybridized carbons (Fsp3) is 0.682. The van der Waals surface area contributed by atoms with E-state index in [0.717, 1.165) is 55.9 Å². The molecule has 5 heteroatoms. The highest BCUT2D eigenvalue weighted by molar-refractivity contribution is 5.74. The molecule has 2 aromatic rings. The summed E-state index contributed by atoms with van der Waals surface area (Å²) in [4.78, 5) is 8.02. The summed E-state index contributed by atoms with van der Waals surface area (Å²) in [5.74, 6) is 1.10. The number of aromatic nitrogens is 2. The molecular weight excluding hydrogens is 334 g/mol. The minimum absolute atomic E-state index is 0.837. The van der Waals surface area contributed by atoms with Crippen LogP contribution in [-0.2, 0) is 6.42 Å². The van der Waals surface area contributed by atoms with Crippen LogP contribution in [0.5, 0.6) is 0 Å². The van der Waals surface area contributed by atoms with E-state index in [1.807, 2.05) is 12.1 Å². The van der Waals surface area contributed by atoms with E-state index in [2.05, 4.69) is 32.7 Å². The Hall–Kier alpha value is -1.43. The van der Waals surface area contributed by atoms with Gasteiger partial charge < -0.3 is 21.4 Å². The van der Waals surface area contributed by atoms with E-state index in [4.69, 9.17) is 5.73 Å². The number of fused-ring (bicyclic) bond motifs is 1. The Morgan fingerprint density at radius 2 is 1.33 bits per heavy atom. The van der Waals surface area contributed by atoms with Crippen molar-refractivity contribution in [1.82, 2.24) is 20.6 Å². The van der Waals surface area contributed by atoms with Gasteiger partial charge in [-0.25, -0.2) is 4.98 Å². The predicted octanol–water partition coefficient (Wildman–Crippen LogP) is 3.75. The van der Waals surface area contributed by atoms with Crippen molar-refractivity contribution in [2.45, 2.75) is 64.2 Å². The van der Waals surface area contributed by atoms with E-state index in [1.165, 1.54) is 57.9 Å². The summed E-state index contributed by atoms with van der Waals surface area (Å²) in [6, 6.07) is 8.23. The number of hydrogen-bond donors (Lipinski definition) is 4. The van der Waals surface area contributed by atoms with Crippen molar-refractivity contribution in [2.75, 3.05) is 32.7 Å². The van der Waals surface area contributed by atoms with Gasteiger partial charge in [0.05, 0.1) is 11.0 Å². The van der Waals surface area contributed by atoms with Gasteiger partial charge in [-0.05, 0) is 77.0 Å². The van der Waals surface area contributed by atoms with Crippen molar-refractivity contribution < 1.29 is 0 Å². The third-order valence-electron chi connectivity index (χ3n) is 4.97. The Morgan fingerprint density at radius 1 is 0.741 bits per heavy atom. The van der Waals surface area contributed by atoms with Gasteiger partial charge in [0.2, 0.25) is 0 Å². The summed E-state index contributed by atoms with van der Waals surface area (Å²) >= 11 is 0. The molecule has 0 saturated heterocycles. The predicted molar refractivity (Wildman–Crippen MR) is 116 cm³/mol. The number of para-hydroxylation sites is 2. The van der Waals surface area contributed by atoms with Gasteiger partial charge in [-0.2, -0.15) is 0 Å². The van der Waals surface area contributed by atoms with Crippen LogP contribution in [0.2, 0.25) is 0 Å². The zero-order chi connectivity index (χ0) is 19.0. The van der Waals surface area contributed by atoms with Crippen molar-refractivity contribution in [2.24, 2.45) is 5.73 Å². The summed E-state index contributed by atoms with van der Waals surface area (Å²) < 4.78 is 0. The number of nitrogens with one attached hydrogen (secondary N) is 3. The average molecular weight is 374 g/mol. The van der Waals surface area contributed by atoms with E-state index in [1.54, 1.807) is 0 Å². The first-order valence-electron chi connectivity index (χ1n) is 11.0. The number of unbranched alkanes of at least 4 members (excludes halogenated alkanes) is 6. The minimum Gasteiger partial charge on any atom is -0.342 e. The van der Waals surface area contributed by atoms with E-state index < -0.39 is 0 Å². The van der Waals surface area contributed by atoms with Crippen LogP contribution in [-0.4, -0.2) is 42.7 Å². The number of aryl methyl sites for hydroxylation is 1. The van der Waals surface area contributed by atoms with Crippen LogP contribution in [0.4, 0.5) is 0 Å². The highest BCUT2D eigenvalue weighted by Gasteiger charge is 2.01. The average Bonchev–Trinajstić information content (AvgIpc) is 3.10. The fourth-order valence-electron chi connectivity index (χ4n) is 3.36. The molecule has 0 unspecified atom stereocenters. The molecule has 0 aliphatic carbocycles. The number of nitrogens with zero attached hydrogens (tertiary/aromatic N) is 1. The van der Waals surface area contributed by atoms with Crippen molar-refractivity contribution in [3.63, 3.8) is 0 Å². The number of imidazole rings is 1. The molecule has 0 saturated carbocycles. The van der Waals surface area contributed by atoms with Crippen LogP contribution in [0.1, 0.15) is 63.6 Å². The molecule has 0 radical (unpaired) electrons. The van der Waals surface area contributed by atoms with Gasteiger partial charge in [0, 0.05) is 6.42 Å². The molecule has 0 fully saturated rings. The summed E-state index contributed by atoms with van der Waals surface area (Å²) in [5.41, 5.74) is 7.71. The minimum atomic E-state index is 0.837. The van der Waals surface area contributed by atoms with Gasteiger partial charge in [-0.3, -0.25) is 0 Å². The van der Waals surface area contributed by atoms with E-state index in [0.29, 0.717) is 0 Å². The molecule has 5 nitrogen and oxygen atoms in total. The maximum atomic E-state index is 5.50.